The number of amides is 1. The molecule has 0 saturated carbocycles. The third kappa shape index (κ3) is 3.95. The zero-order valence-corrected chi connectivity index (χ0v) is 16.9. The van der Waals surface area contributed by atoms with Crippen molar-refractivity contribution in [1.82, 2.24) is 19.3 Å². The van der Waals surface area contributed by atoms with Crippen molar-refractivity contribution in [3.63, 3.8) is 0 Å². The lowest BCUT2D eigenvalue weighted by Gasteiger charge is -2.30. The average molecular weight is 404 g/mol. The zero-order valence-electron chi connectivity index (χ0n) is 15.3. The molecule has 0 aromatic carbocycles. The summed E-state index contributed by atoms with van der Waals surface area (Å²) in [5, 5.41) is 7.47. The van der Waals surface area contributed by atoms with Crippen LogP contribution in [0.5, 0.6) is 0 Å². The maximum absolute atomic E-state index is 12.4. The van der Waals surface area contributed by atoms with Crippen LogP contribution in [0.1, 0.15) is 29.9 Å². The second-order valence-corrected chi connectivity index (χ2v) is 8.61. The predicted octanol–water partition coefficient (Wildman–Crippen LogP) is 2.68. The predicted molar refractivity (Wildman–Crippen MR) is 108 cm³/mol. The fraction of sp³-hybridized carbons (Fsp3) is 0.444. The summed E-state index contributed by atoms with van der Waals surface area (Å²) in [4.78, 5) is 36.6. The number of aromatic nitrogens is 3. The highest BCUT2D eigenvalue weighted by Gasteiger charge is 2.26. The number of nitrogens with zero attached hydrogens (tertiary/aromatic N) is 4. The van der Waals surface area contributed by atoms with Crippen molar-refractivity contribution in [3.05, 3.63) is 44.3 Å². The number of hydrogen-bond acceptors (Lipinski definition) is 7. The fourth-order valence-corrected chi connectivity index (χ4v) is 4.96. The average Bonchev–Trinajstić information content (AvgIpc) is 3.21. The molecule has 1 saturated heterocycles. The molecule has 27 heavy (non-hydrogen) atoms. The van der Waals surface area contributed by atoms with Gasteiger partial charge in [-0.05, 0) is 39.8 Å². The highest BCUT2D eigenvalue weighted by molar-refractivity contribution is 7.15. The molecule has 0 unspecified atom stereocenters. The monoisotopic (exact) mass is 403 g/mol. The van der Waals surface area contributed by atoms with Gasteiger partial charge in [0.1, 0.15) is 0 Å². The molecule has 3 aromatic heterocycles. The number of nitrogens with one attached hydrogen (secondary N) is 1. The van der Waals surface area contributed by atoms with Gasteiger partial charge in [-0.3, -0.25) is 18.9 Å². The topological polar surface area (TPSA) is 79.6 Å². The Labute approximate surface area is 164 Å². The Morgan fingerprint density at radius 1 is 1.22 bits per heavy atom. The molecule has 0 spiro atoms. The minimum atomic E-state index is -0.0262. The van der Waals surface area contributed by atoms with Gasteiger partial charge < -0.3 is 5.32 Å². The van der Waals surface area contributed by atoms with E-state index in [2.05, 4.69) is 20.2 Å². The summed E-state index contributed by atoms with van der Waals surface area (Å²) in [5.74, 6) is 0.0577. The lowest BCUT2D eigenvalue weighted by Crippen LogP contribution is -2.38. The van der Waals surface area contributed by atoms with Crippen LogP contribution in [0.2, 0.25) is 0 Å². The first kappa shape index (κ1) is 18.3. The van der Waals surface area contributed by atoms with E-state index in [-0.39, 0.29) is 17.4 Å². The zero-order chi connectivity index (χ0) is 19.0. The Morgan fingerprint density at radius 3 is 2.70 bits per heavy atom. The third-order valence-electron chi connectivity index (χ3n) is 4.82. The number of fused-ring (bicyclic) bond motifs is 1. The number of thiazole rings is 2. The second kappa shape index (κ2) is 7.49. The summed E-state index contributed by atoms with van der Waals surface area (Å²) in [6, 6.07) is 1.62. The van der Waals surface area contributed by atoms with Crippen LogP contribution < -0.4 is 10.9 Å². The van der Waals surface area contributed by atoms with Crippen LogP contribution in [0.25, 0.3) is 4.96 Å². The highest BCUT2D eigenvalue weighted by Crippen LogP contribution is 2.22. The summed E-state index contributed by atoms with van der Waals surface area (Å²) in [7, 11) is 0. The number of likely N-dealkylation sites (tertiary alicyclic amines) is 1. The van der Waals surface area contributed by atoms with Crippen molar-refractivity contribution in [2.24, 2.45) is 5.92 Å². The van der Waals surface area contributed by atoms with Gasteiger partial charge in [0, 0.05) is 35.0 Å². The first-order valence-electron chi connectivity index (χ1n) is 8.92. The molecule has 1 amide bonds. The normalized spacial score (nSPS) is 16.1. The number of rotatable bonds is 4. The van der Waals surface area contributed by atoms with Crippen LogP contribution in [0.4, 0.5) is 5.13 Å². The van der Waals surface area contributed by atoms with Crippen molar-refractivity contribution >= 4 is 38.7 Å². The van der Waals surface area contributed by atoms with Crippen molar-refractivity contribution in [3.8, 4) is 0 Å². The minimum absolute atomic E-state index is 0.00599. The summed E-state index contributed by atoms with van der Waals surface area (Å²) >= 11 is 2.94. The molecule has 0 radical (unpaired) electrons. The molecule has 1 aliphatic heterocycles. The highest BCUT2D eigenvalue weighted by atomic mass is 32.1. The Hall–Kier alpha value is -2.10. The molecule has 9 heteroatoms. The van der Waals surface area contributed by atoms with E-state index in [0.717, 1.165) is 48.0 Å². The Bertz CT molecular complexity index is 1030. The van der Waals surface area contributed by atoms with Gasteiger partial charge in [-0.15, -0.1) is 22.7 Å². The van der Waals surface area contributed by atoms with Crippen LogP contribution in [0.3, 0.4) is 0 Å². The fourth-order valence-electron chi connectivity index (χ4n) is 3.38. The molecule has 4 heterocycles. The van der Waals surface area contributed by atoms with Gasteiger partial charge >= 0.3 is 0 Å². The number of hydrogen-bond donors (Lipinski definition) is 1. The largest absolute Gasteiger partial charge is 0.302 e. The maximum Gasteiger partial charge on any atom is 0.259 e. The summed E-state index contributed by atoms with van der Waals surface area (Å²) in [6.07, 6.45) is 1.60. The van der Waals surface area contributed by atoms with E-state index in [4.69, 9.17) is 0 Å². The summed E-state index contributed by atoms with van der Waals surface area (Å²) in [6.45, 7) is 6.11. The third-order valence-corrected chi connectivity index (χ3v) is 6.64. The van der Waals surface area contributed by atoms with Gasteiger partial charge in [0.2, 0.25) is 5.91 Å². The van der Waals surface area contributed by atoms with Gasteiger partial charge in [0.25, 0.3) is 5.56 Å². The van der Waals surface area contributed by atoms with Crippen LogP contribution in [-0.4, -0.2) is 38.3 Å². The number of aryl methyl sites for hydroxylation is 2. The first-order valence-corrected chi connectivity index (χ1v) is 10.7. The molecule has 142 valence electrons. The van der Waals surface area contributed by atoms with Crippen LogP contribution in [0.15, 0.2) is 21.6 Å². The lowest BCUT2D eigenvalue weighted by atomic mass is 9.96. The summed E-state index contributed by atoms with van der Waals surface area (Å²) < 4.78 is 1.64. The molecule has 0 aliphatic carbocycles. The van der Waals surface area contributed by atoms with Crippen LogP contribution in [-0.2, 0) is 11.3 Å². The maximum atomic E-state index is 12.4. The molecular formula is C18H21N5O2S2. The van der Waals surface area contributed by atoms with Gasteiger partial charge in [-0.1, -0.05) is 0 Å². The van der Waals surface area contributed by atoms with Gasteiger partial charge in [0.15, 0.2) is 10.1 Å². The van der Waals surface area contributed by atoms with Gasteiger partial charge in [-0.25, -0.2) is 9.97 Å². The number of carbonyl (C=O) groups is 1. The molecule has 1 aliphatic rings. The SMILES string of the molecule is Cc1csc(NC(=O)C2CCN(Cc3cc(=O)n4c(C)csc4n3)CC2)n1. The second-order valence-electron chi connectivity index (χ2n) is 6.91. The molecule has 4 rings (SSSR count). The Morgan fingerprint density at radius 2 is 2.00 bits per heavy atom. The molecular weight excluding hydrogens is 382 g/mol. The van der Waals surface area contributed by atoms with Gasteiger partial charge in [0.05, 0.1) is 11.4 Å². The van der Waals surface area contributed by atoms with Crippen LogP contribution in [0, 0.1) is 19.8 Å². The first-order chi connectivity index (χ1) is 13.0. The van der Waals surface area contributed by atoms with Gasteiger partial charge in [-0.2, -0.15) is 0 Å². The quantitative estimate of drug-likeness (QED) is 0.725. The molecule has 1 N–H and O–H groups in total. The number of piperidine rings is 1. The molecule has 1 fully saturated rings. The van der Waals surface area contributed by atoms with Crippen molar-refractivity contribution in [1.29, 1.82) is 0 Å². The van der Waals surface area contributed by atoms with Crippen molar-refractivity contribution in [2.75, 3.05) is 18.4 Å². The van der Waals surface area contributed by atoms with E-state index in [1.807, 2.05) is 24.6 Å². The standard InChI is InChI=1S/C18H21N5O2S2/c1-11-9-26-17(19-11)21-16(25)13-3-5-22(6-4-13)8-14-7-15(24)23-12(2)10-27-18(23)20-14/h7,9-10,13H,3-6,8H2,1-2H3,(H,19,21,25). The van der Waals surface area contributed by atoms with E-state index >= 15 is 0 Å². The number of carbonyl (C=O) groups excluding carboxylic acids is 1. The molecule has 7 nitrogen and oxygen atoms in total. The number of anilines is 1. The minimum Gasteiger partial charge on any atom is -0.302 e. The van der Waals surface area contributed by atoms with E-state index in [9.17, 15) is 9.59 Å². The van der Waals surface area contributed by atoms with E-state index in [1.54, 1.807) is 10.5 Å². The Balaban J connectivity index is 1.35. The molecule has 3 aromatic rings. The smallest absolute Gasteiger partial charge is 0.259 e. The molecule has 0 bridgehead atoms. The van der Waals surface area contributed by atoms with E-state index in [1.165, 1.54) is 22.7 Å². The Kier molecular flexibility index (Phi) is 5.07. The summed E-state index contributed by atoms with van der Waals surface area (Å²) in [5.41, 5.74) is 2.61. The molecule has 0 atom stereocenters. The van der Waals surface area contributed by atoms with Crippen LogP contribution >= 0.6 is 22.7 Å². The van der Waals surface area contributed by atoms with Crippen molar-refractivity contribution in [2.45, 2.75) is 33.2 Å². The van der Waals surface area contributed by atoms with E-state index in [0.29, 0.717) is 11.7 Å². The van der Waals surface area contributed by atoms with Crippen molar-refractivity contribution < 1.29 is 4.79 Å². The lowest BCUT2D eigenvalue weighted by molar-refractivity contribution is -0.121. The van der Waals surface area contributed by atoms with E-state index < -0.39 is 0 Å².